The first-order valence-electron chi connectivity index (χ1n) is 10.0. The molecule has 0 aromatic heterocycles. The van der Waals surface area contributed by atoms with E-state index in [1.165, 1.54) is 0 Å². The number of aliphatic imine (C=N–C) groups is 2. The number of hydrazine groups is 1. The number of amides is 3. The second kappa shape index (κ2) is 11.8. The van der Waals surface area contributed by atoms with E-state index >= 15 is 0 Å². The van der Waals surface area contributed by atoms with Crippen molar-refractivity contribution in [2.24, 2.45) is 15.7 Å². The zero-order valence-corrected chi connectivity index (χ0v) is 17.6. The molecule has 1 aromatic carbocycles. The highest BCUT2D eigenvalue weighted by Gasteiger charge is 2.17. The summed E-state index contributed by atoms with van der Waals surface area (Å²) in [6.45, 7) is 7.74. The Labute approximate surface area is 177 Å². The highest BCUT2D eigenvalue weighted by Crippen LogP contribution is 2.20. The monoisotopic (exact) mass is 413 g/mol. The average molecular weight is 414 g/mol. The Balaban J connectivity index is 2.17. The molecule has 0 radical (unpaired) electrons. The van der Waals surface area contributed by atoms with Crippen LogP contribution in [0.1, 0.15) is 34.8 Å². The van der Waals surface area contributed by atoms with Gasteiger partial charge in [-0.05, 0) is 50.7 Å². The number of hydrogen-bond donors (Lipinski definition) is 4. The summed E-state index contributed by atoms with van der Waals surface area (Å²) in [6.07, 6.45) is 5.06. The van der Waals surface area contributed by atoms with E-state index in [0.717, 1.165) is 36.1 Å². The van der Waals surface area contributed by atoms with E-state index in [1.54, 1.807) is 17.3 Å². The molecular weight excluding hydrogens is 382 g/mol. The Morgan fingerprint density at radius 3 is 2.97 bits per heavy atom. The SMILES string of the molecule is C=N/C=C(\C=NC[C@@H](C)N(CCNC)C(N)=O)c1ccc2c(c1)CCCNNC2=O. The van der Waals surface area contributed by atoms with E-state index in [1.807, 2.05) is 32.2 Å². The first-order valence-corrected chi connectivity index (χ1v) is 10.0. The summed E-state index contributed by atoms with van der Waals surface area (Å²) < 4.78 is 0. The molecule has 0 fully saturated rings. The summed E-state index contributed by atoms with van der Waals surface area (Å²) in [5.41, 5.74) is 14.4. The van der Waals surface area contributed by atoms with E-state index < -0.39 is 6.03 Å². The number of nitrogens with two attached hydrogens (primary N) is 1. The second-order valence-electron chi connectivity index (χ2n) is 7.10. The molecule has 5 N–H and O–H groups in total. The van der Waals surface area contributed by atoms with Crippen molar-refractivity contribution in [1.29, 1.82) is 0 Å². The fraction of sp³-hybridized carbons (Fsp3) is 0.429. The molecule has 0 bridgehead atoms. The number of hydrogen-bond acceptors (Lipinski definition) is 6. The minimum absolute atomic E-state index is 0.140. The lowest BCUT2D eigenvalue weighted by molar-refractivity contribution is 0.0929. The highest BCUT2D eigenvalue weighted by molar-refractivity contribution is 6.10. The normalized spacial score (nSPS) is 15.7. The minimum Gasteiger partial charge on any atom is -0.351 e. The molecule has 0 saturated heterocycles. The predicted molar refractivity (Wildman–Crippen MR) is 121 cm³/mol. The van der Waals surface area contributed by atoms with E-state index in [9.17, 15) is 9.59 Å². The number of urea groups is 1. The number of nitrogens with one attached hydrogen (secondary N) is 3. The average Bonchev–Trinajstić information content (AvgIpc) is 2.71. The number of rotatable bonds is 9. The van der Waals surface area contributed by atoms with Crippen LogP contribution < -0.4 is 21.9 Å². The summed E-state index contributed by atoms with van der Waals surface area (Å²) in [4.78, 5) is 33.9. The van der Waals surface area contributed by atoms with Crippen LogP contribution in [-0.2, 0) is 6.42 Å². The molecule has 0 saturated carbocycles. The first-order chi connectivity index (χ1) is 14.5. The van der Waals surface area contributed by atoms with Gasteiger partial charge in [-0.3, -0.25) is 20.2 Å². The summed E-state index contributed by atoms with van der Waals surface area (Å²) in [7, 11) is 1.82. The van der Waals surface area contributed by atoms with E-state index in [4.69, 9.17) is 5.73 Å². The fourth-order valence-electron chi connectivity index (χ4n) is 3.24. The molecule has 1 heterocycles. The maximum Gasteiger partial charge on any atom is 0.315 e. The van der Waals surface area contributed by atoms with Crippen LogP contribution in [0.3, 0.4) is 0 Å². The molecule has 2 rings (SSSR count). The van der Waals surface area contributed by atoms with Crippen molar-refractivity contribution < 1.29 is 9.59 Å². The van der Waals surface area contributed by atoms with Crippen molar-refractivity contribution in [3.05, 3.63) is 41.1 Å². The third-order valence-corrected chi connectivity index (χ3v) is 4.88. The number of aryl methyl sites for hydroxylation is 1. The van der Waals surface area contributed by atoms with Gasteiger partial charge in [0, 0.05) is 43.2 Å². The molecule has 3 amide bonds. The lowest BCUT2D eigenvalue weighted by Crippen LogP contribution is -2.46. The van der Waals surface area contributed by atoms with Gasteiger partial charge in [-0.15, -0.1) is 0 Å². The molecule has 9 nitrogen and oxygen atoms in total. The van der Waals surface area contributed by atoms with Crippen LogP contribution in [0.15, 0.2) is 34.4 Å². The lowest BCUT2D eigenvalue weighted by Gasteiger charge is -2.26. The summed E-state index contributed by atoms with van der Waals surface area (Å²) >= 11 is 0. The summed E-state index contributed by atoms with van der Waals surface area (Å²) in [5.74, 6) is -0.140. The third kappa shape index (κ3) is 6.50. The van der Waals surface area contributed by atoms with Crippen molar-refractivity contribution in [3.63, 3.8) is 0 Å². The van der Waals surface area contributed by atoms with Crippen LogP contribution in [0.2, 0.25) is 0 Å². The quantitative estimate of drug-likeness (QED) is 0.450. The molecule has 30 heavy (non-hydrogen) atoms. The molecule has 9 heteroatoms. The van der Waals surface area contributed by atoms with Crippen molar-refractivity contribution in [3.8, 4) is 0 Å². The summed E-state index contributed by atoms with van der Waals surface area (Å²) in [5, 5.41) is 3.01. The van der Waals surface area contributed by atoms with E-state index in [2.05, 4.69) is 32.9 Å². The van der Waals surface area contributed by atoms with Crippen LogP contribution in [0, 0.1) is 0 Å². The van der Waals surface area contributed by atoms with Gasteiger partial charge in [0.2, 0.25) is 0 Å². The molecule has 0 aliphatic carbocycles. The number of carbonyl (C=O) groups is 2. The van der Waals surface area contributed by atoms with Crippen molar-refractivity contribution in [2.45, 2.75) is 25.8 Å². The topological polar surface area (TPSA) is 124 Å². The van der Waals surface area contributed by atoms with Gasteiger partial charge in [-0.25, -0.2) is 10.2 Å². The van der Waals surface area contributed by atoms with Crippen LogP contribution in [0.4, 0.5) is 4.79 Å². The lowest BCUT2D eigenvalue weighted by atomic mass is 9.96. The highest BCUT2D eigenvalue weighted by atomic mass is 16.2. The van der Waals surface area contributed by atoms with Crippen LogP contribution in [-0.4, -0.2) is 69.0 Å². The first kappa shape index (κ1) is 23.2. The second-order valence-corrected chi connectivity index (χ2v) is 7.10. The van der Waals surface area contributed by atoms with E-state index in [0.29, 0.717) is 25.2 Å². The number of likely N-dealkylation sites (N-methyl/N-ethyl adjacent to an activating group) is 1. The zero-order valence-electron chi connectivity index (χ0n) is 17.6. The molecule has 1 aliphatic heterocycles. The van der Waals surface area contributed by atoms with Gasteiger partial charge in [0.05, 0.1) is 12.6 Å². The number of nitrogens with zero attached hydrogens (tertiary/aromatic N) is 3. The zero-order chi connectivity index (χ0) is 21.9. The van der Waals surface area contributed by atoms with Crippen LogP contribution in [0.5, 0.6) is 0 Å². The number of fused-ring (bicyclic) bond motifs is 1. The largest absolute Gasteiger partial charge is 0.351 e. The molecule has 1 aliphatic rings. The van der Waals surface area contributed by atoms with Crippen molar-refractivity contribution in [2.75, 3.05) is 33.2 Å². The number of primary amides is 1. The van der Waals surface area contributed by atoms with Crippen LogP contribution in [0.25, 0.3) is 5.57 Å². The molecule has 1 atom stereocenters. The Morgan fingerprint density at radius 1 is 1.47 bits per heavy atom. The molecule has 1 aromatic rings. The van der Waals surface area contributed by atoms with Gasteiger partial charge < -0.3 is 16.0 Å². The molecular formula is C21H31N7O2. The Hall–Kier alpha value is -3.04. The minimum atomic E-state index is -0.467. The third-order valence-electron chi connectivity index (χ3n) is 4.88. The number of allylic oxidation sites excluding steroid dienone is 1. The smallest absolute Gasteiger partial charge is 0.315 e. The molecule has 0 spiro atoms. The fourth-order valence-corrected chi connectivity index (χ4v) is 3.24. The van der Waals surface area contributed by atoms with Gasteiger partial charge >= 0.3 is 6.03 Å². The maximum absolute atomic E-state index is 12.2. The van der Waals surface area contributed by atoms with Gasteiger partial charge in [0.25, 0.3) is 5.91 Å². The van der Waals surface area contributed by atoms with Crippen molar-refractivity contribution in [1.82, 2.24) is 21.1 Å². The van der Waals surface area contributed by atoms with Crippen molar-refractivity contribution >= 4 is 30.4 Å². The molecule has 0 unspecified atom stereocenters. The Bertz CT molecular complexity index is 820. The predicted octanol–water partition coefficient (Wildman–Crippen LogP) is 0.968. The maximum atomic E-state index is 12.2. The Morgan fingerprint density at radius 2 is 2.27 bits per heavy atom. The van der Waals surface area contributed by atoms with Crippen LogP contribution >= 0.6 is 0 Å². The summed E-state index contributed by atoms with van der Waals surface area (Å²) in [6, 6.07) is 5.07. The molecule has 162 valence electrons. The van der Waals surface area contributed by atoms with Gasteiger partial charge in [-0.1, -0.05) is 12.1 Å². The van der Waals surface area contributed by atoms with Gasteiger partial charge in [0.1, 0.15) is 0 Å². The number of benzene rings is 1. The Kier molecular flexibility index (Phi) is 9.17. The van der Waals surface area contributed by atoms with E-state index in [-0.39, 0.29) is 11.9 Å². The van der Waals surface area contributed by atoms with Gasteiger partial charge in [-0.2, -0.15) is 0 Å². The number of carbonyl (C=O) groups excluding carboxylic acids is 2. The van der Waals surface area contributed by atoms with Gasteiger partial charge in [0.15, 0.2) is 0 Å². The standard InChI is InChI=1S/C21H31N7O2/c1-15(28(21(22)30)10-9-23-2)12-25-14-18(13-24-3)16-6-7-19-17(11-16)5-4-8-26-27-20(19)29/h6-7,11,13-15,23,26H,3-5,8-10,12H2,1-2H3,(H2,22,30)(H,27,29)/b18-13+,25-14?/t15-/m1/s1.